The fourth-order valence-electron chi connectivity index (χ4n) is 3.97. The van der Waals surface area contributed by atoms with Gasteiger partial charge >= 0.3 is 0 Å². The Kier molecular flexibility index (Phi) is 4.73. The Morgan fingerprint density at radius 3 is 2.60 bits per heavy atom. The zero-order chi connectivity index (χ0) is 13.5. The molecule has 1 heterocycles. The zero-order valence-corrected chi connectivity index (χ0v) is 12.7. The molecule has 1 aliphatic heterocycles. The summed E-state index contributed by atoms with van der Waals surface area (Å²) in [4.78, 5) is 2.32. The van der Waals surface area contributed by atoms with Crippen LogP contribution in [-0.4, -0.2) is 29.2 Å². The van der Waals surface area contributed by atoms with Gasteiger partial charge in [-0.05, 0) is 44.0 Å². The average Bonchev–Trinajstić information content (AvgIpc) is 2.41. The van der Waals surface area contributed by atoms with Crippen LogP contribution >= 0.6 is 12.4 Å². The lowest BCUT2D eigenvalue weighted by atomic mass is 9.66. The smallest absolute Gasteiger partial charge is 0.123 e. The van der Waals surface area contributed by atoms with Crippen molar-refractivity contribution in [3.05, 3.63) is 35.6 Å². The van der Waals surface area contributed by atoms with E-state index in [2.05, 4.69) is 11.9 Å². The van der Waals surface area contributed by atoms with Gasteiger partial charge in [0.1, 0.15) is 5.82 Å². The Balaban J connectivity index is 0.00000147. The molecule has 0 spiro atoms. The molecule has 3 atom stereocenters. The average molecular weight is 300 g/mol. The topological polar surface area (TPSA) is 23.5 Å². The molecule has 1 aromatic rings. The molecule has 4 heteroatoms. The van der Waals surface area contributed by atoms with E-state index < -0.39 is 5.60 Å². The molecule has 0 bridgehead atoms. The minimum Gasteiger partial charge on any atom is -0.389 e. The molecule has 112 valence electrons. The third kappa shape index (κ3) is 2.72. The molecule has 1 saturated carbocycles. The van der Waals surface area contributed by atoms with Crippen LogP contribution < -0.4 is 0 Å². The van der Waals surface area contributed by atoms with Gasteiger partial charge in [-0.25, -0.2) is 4.39 Å². The maximum Gasteiger partial charge on any atom is 0.123 e. The van der Waals surface area contributed by atoms with Gasteiger partial charge in [-0.1, -0.05) is 25.0 Å². The van der Waals surface area contributed by atoms with E-state index in [0.717, 1.165) is 37.8 Å². The Labute approximate surface area is 126 Å². The van der Waals surface area contributed by atoms with Crippen LogP contribution in [0.1, 0.15) is 43.7 Å². The lowest BCUT2D eigenvalue weighted by molar-refractivity contribution is -0.118. The third-order valence-corrected chi connectivity index (χ3v) is 5.03. The molecule has 3 unspecified atom stereocenters. The van der Waals surface area contributed by atoms with Crippen LogP contribution in [0.2, 0.25) is 0 Å². The summed E-state index contributed by atoms with van der Waals surface area (Å²) in [5, 5.41) is 10.9. The zero-order valence-electron chi connectivity index (χ0n) is 11.9. The summed E-state index contributed by atoms with van der Waals surface area (Å²) < 4.78 is 13.1. The summed E-state index contributed by atoms with van der Waals surface area (Å²) in [5.74, 6) is 0.0894. The van der Waals surface area contributed by atoms with E-state index in [-0.39, 0.29) is 30.2 Å². The predicted molar refractivity (Wildman–Crippen MR) is 80.5 cm³/mol. The molecule has 3 rings (SSSR count). The first-order chi connectivity index (χ1) is 9.10. The van der Waals surface area contributed by atoms with Crippen LogP contribution in [0, 0.1) is 11.7 Å². The molecule has 2 fully saturated rings. The number of hydrogen-bond acceptors (Lipinski definition) is 2. The highest BCUT2D eigenvalue weighted by Gasteiger charge is 2.47. The number of nitrogens with zero attached hydrogens (tertiary/aromatic N) is 1. The Bertz CT molecular complexity index is 452. The number of piperidine rings is 1. The van der Waals surface area contributed by atoms with Gasteiger partial charge in [0, 0.05) is 18.5 Å². The molecule has 0 amide bonds. The largest absolute Gasteiger partial charge is 0.389 e. The van der Waals surface area contributed by atoms with Crippen LogP contribution in [0.3, 0.4) is 0 Å². The van der Waals surface area contributed by atoms with Crippen molar-refractivity contribution in [2.45, 2.75) is 43.7 Å². The molecule has 0 aromatic heterocycles. The van der Waals surface area contributed by atoms with Gasteiger partial charge in [-0.3, -0.25) is 4.90 Å². The van der Waals surface area contributed by atoms with Crippen molar-refractivity contribution in [1.29, 1.82) is 0 Å². The first-order valence-electron chi connectivity index (χ1n) is 7.28. The van der Waals surface area contributed by atoms with Crippen LogP contribution in [0.15, 0.2) is 24.3 Å². The molecule has 0 radical (unpaired) electrons. The molecule has 2 aliphatic rings. The van der Waals surface area contributed by atoms with Crippen molar-refractivity contribution >= 4 is 12.4 Å². The number of aliphatic hydroxyl groups is 1. The summed E-state index contributed by atoms with van der Waals surface area (Å²) in [7, 11) is 2.11. The lowest BCUT2D eigenvalue weighted by Gasteiger charge is -2.51. The van der Waals surface area contributed by atoms with Crippen LogP contribution in [0.25, 0.3) is 0 Å². The van der Waals surface area contributed by atoms with Crippen LogP contribution in [0.5, 0.6) is 0 Å². The SMILES string of the molecule is CN1CCC2(O)CCCCC2C1c1ccc(F)cc1.Cl. The maximum atomic E-state index is 13.1. The van der Waals surface area contributed by atoms with Gasteiger partial charge in [0.25, 0.3) is 0 Å². The van der Waals surface area contributed by atoms with Gasteiger partial charge in [-0.15, -0.1) is 12.4 Å². The minimum atomic E-state index is -0.510. The number of halogens is 2. The van der Waals surface area contributed by atoms with E-state index in [1.54, 1.807) is 0 Å². The standard InChI is InChI=1S/C16H22FNO.ClH/c1-18-11-10-16(19)9-3-2-4-14(16)15(18)12-5-7-13(17)8-6-12;/h5-8,14-15,19H,2-4,9-11H2,1H3;1H. The third-order valence-electron chi connectivity index (χ3n) is 5.03. The number of rotatable bonds is 1. The molecule has 2 nitrogen and oxygen atoms in total. The van der Waals surface area contributed by atoms with E-state index in [4.69, 9.17) is 0 Å². The van der Waals surface area contributed by atoms with Gasteiger partial charge in [0.05, 0.1) is 5.60 Å². The normalized spacial score (nSPS) is 34.1. The molecular weight excluding hydrogens is 277 g/mol. The van der Waals surface area contributed by atoms with E-state index in [1.165, 1.54) is 18.6 Å². The van der Waals surface area contributed by atoms with Crippen molar-refractivity contribution in [2.75, 3.05) is 13.6 Å². The van der Waals surface area contributed by atoms with Gasteiger partial charge in [-0.2, -0.15) is 0 Å². The Morgan fingerprint density at radius 1 is 1.20 bits per heavy atom. The van der Waals surface area contributed by atoms with Crippen molar-refractivity contribution in [2.24, 2.45) is 5.92 Å². The van der Waals surface area contributed by atoms with E-state index in [0.29, 0.717) is 0 Å². The number of fused-ring (bicyclic) bond motifs is 1. The van der Waals surface area contributed by atoms with Crippen molar-refractivity contribution in [3.8, 4) is 0 Å². The number of hydrogen-bond donors (Lipinski definition) is 1. The van der Waals surface area contributed by atoms with Gasteiger partial charge in [0.2, 0.25) is 0 Å². The summed E-state index contributed by atoms with van der Waals surface area (Å²) in [6.07, 6.45) is 5.18. The van der Waals surface area contributed by atoms with Gasteiger partial charge in [0.15, 0.2) is 0 Å². The summed E-state index contributed by atoms with van der Waals surface area (Å²) in [5.41, 5.74) is 0.623. The lowest BCUT2D eigenvalue weighted by Crippen LogP contribution is -2.53. The highest BCUT2D eigenvalue weighted by molar-refractivity contribution is 5.85. The quantitative estimate of drug-likeness (QED) is 0.857. The fourth-order valence-corrected chi connectivity index (χ4v) is 3.97. The second kappa shape index (κ2) is 6.00. The summed E-state index contributed by atoms with van der Waals surface area (Å²) >= 11 is 0. The Hall–Kier alpha value is -0.640. The molecule has 1 aromatic carbocycles. The number of likely N-dealkylation sites (tertiary alicyclic amines) is 1. The number of benzene rings is 1. The highest BCUT2D eigenvalue weighted by Crippen LogP contribution is 2.48. The molecule has 20 heavy (non-hydrogen) atoms. The Morgan fingerprint density at radius 2 is 1.90 bits per heavy atom. The van der Waals surface area contributed by atoms with E-state index in [1.807, 2.05) is 12.1 Å². The maximum absolute atomic E-state index is 13.1. The van der Waals surface area contributed by atoms with Crippen molar-refractivity contribution in [3.63, 3.8) is 0 Å². The van der Waals surface area contributed by atoms with E-state index >= 15 is 0 Å². The second-order valence-electron chi connectivity index (χ2n) is 6.18. The molecule has 1 aliphatic carbocycles. The van der Waals surface area contributed by atoms with E-state index in [9.17, 15) is 9.50 Å². The first-order valence-corrected chi connectivity index (χ1v) is 7.28. The monoisotopic (exact) mass is 299 g/mol. The highest BCUT2D eigenvalue weighted by atomic mass is 35.5. The minimum absolute atomic E-state index is 0. The van der Waals surface area contributed by atoms with Crippen LogP contribution in [0.4, 0.5) is 4.39 Å². The van der Waals surface area contributed by atoms with Gasteiger partial charge < -0.3 is 5.11 Å². The molecule has 1 N–H and O–H groups in total. The molecule has 1 saturated heterocycles. The van der Waals surface area contributed by atoms with Crippen molar-refractivity contribution < 1.29 is 9.50 Å². The summed E-state index contributed by atoms with van der Waals surface area (Å²) in [6, 6.07) is 7.02. The van der Waals surface area contributed by atoms with Crippen LogP contribution in [-0.2, 0) is 0 Å². The predicted octanol–water partition coefficient (Wildman–Crippen LogP) is 3.55. The fraction of sp³-hybridized carbons (Fsp3) is 0.625. The molecular formula is C16H23ClFNO. The van der Waals surface area contributed by atoms with Crippen molar-refractivity contribution in [1.82, 2.24) is 4.90 Å². The second-order valence-corrected chi connectivity index (χ2v) is 6.18. The first kappa shape index (κ1) is 15.7. The summed E-state index contributed by atoms with van der Waals surface area (Å²) in [6.45, 7) is 0.912.